The van der Waals surface area contributed by atoms with Crippen molar-refractivity contribution in [2.45, 2.75) is 32.4 Å². The van der Waals surface area contributed by atoms with Crippen molar-refractivity contribution in [3.05, 3.63) is 59.2 Å². The van der Waals surface area contributed by atoms with E-state index in [9.17, 15) is 9.59 Å². The number of hydrogen-bond acceptors (Lipinski definition) is 4. The van der Waals surface area contributed by atoms with Crippen molar-refractivity contribution < 1.29 is 9.59 Å². The molecule has 0 aliphatic carbocycles. The van der Waals surface area contributed by atoms with Gasteiger partial charge in [-0.1, -0.05) is 35.5 Å². The van der Waals surface area contributed by atoms with Crippen molar-refractivity contribution in [2.75, 3.05) is 5.32 Å². The summed E-state index contributed by atoms with van der Waals surface area (Å²) in [4.78, 5) is 28.9. The van der Waals surface area contributed by atoms with E-state index >= 15 is 0 Å². The van der Waals surface area contributed by atoms with Crippen molar-refractivity contribution in [3.8, 4) is 0 Å². The second-order valence-corrected chi connectivity index (χ2v) is 7.67. The molecule has 1 heterocycles. The zero-order valence-corrected chi connectivity index (χ0v) is 15.8. The Bertz CT molecular complexity index is 855. The minimum Gasteiger partial charge on any atom is -0.326 e. The first-order valence-corrected chi connectivity index (χ1v) is 9.28. The second kappa shape index (κ2) is 7.74. The summed E-state index contributed by atoms with van der Waals surface area (Å²) in [7, 11) is 0. The lowest BCUT2D eigenvalue weighted by Crippen LogP contribution is -2.28. The number of amidine groups is 1. The number of rotatable bonds is 4. The van der Waals surface area contributed by atoms with E-state index in [0.717, 1.165) is 28.1 Å². The maximum absolute atomic E-state index is 12.2. The van der Waals surface area contributed by atoms with Crippen LogP contribution in [0, 0.1) is 20.8 Å². The molecule has 0 radical (unpaired) electrons. The van der Waals surface area contributed by atoms with Gasteiger partial charge in [-0.05, 0) is 56.2 Å². The zero-order chi connectivity index (χ0) is 18.7. The summed E-state index contributed by atoms with van der Waals surface area (Å²) in [6, 6.07) is 13.6. The average molecular weight is 367 g/mol. The largest absolute Gasteiger partial charge is 0.326 e. The Labute approximate surface area is 157 Å². The highest BCUT2D eigenvalue weighted by Gasteiger charge is 2.32. The van der Waals surface area contributed by atoms with Gasteiger partial charge in [-0.25, -0.2) is 4.99 Å². The van der Waals surface area contributed by atoms with Crippen molar-refractivity contribution in [2.24, 2.45) is 4.99 Å². The van der Waals surface area contributed by atoms with E-state index in [1.807, 2.05) is 57.2 Å². The molecular weight excluding hydrogens is 346 g/mol. The lowest BCUT2D eigenvalue weighted by atomic mass is 10.1. The Balaban J connectivity index is 1.63. The Morgan fingerprint density at radius 1 is 1.08 bits per heavy atom. The third kappa shape index (κ3) is 4.73. The molecule has 0 bridgehead atoms. The third-order valence-corrected chi connectivity index (χ3v) is 5.00. The van der Waals surface area contributed by atoms with Gasteiger partial charge in [0.2, 0.25) is 11.8 Å². The van der Waals surface area contributed by atoms with Gasteiger partial charge in [-0.2, -0.15) is 0 Å². The molecular formula is C20H21N3O2S. The van der Waals surface area contributed by atoms with E-state index in [-0.39, 0.29) is 18.2 Å². The van der Waals surface area contributed by atoms with Crippen LogP contribution < -0.4 is 10.6 Å². The normalized spacial score (nSPS) is 18.0. The van der Waals surface area contributed by atoms with E-state index in [1.165, 1.54) is 11.8 Å². The first kappa shape index (κ1) is 18.2. The molecule has 0 saturated carbocycles. The van der Waals surface area contributed by atoms with Gasteiger partial charge in [-0.3, -0.25) is 9.59 Å². The SMILES string of the molecule is Cc1ccc(NC(=O)C[C@H]2SC(=Nc3cc(C)cc(C)c3)NC2=O)cc1. The van der Waals surface area contributed by atoms with Crippen LogP contribution in [0.4, 0.5) is 11.4 Å². The van der Waals surface area contributed by atoms with Gasteiger partial charge >= 0.3 is 0 Å². The van der Waals surface area contributed by atoms with Gasteiger partial charge in [0.15, 0.2) is 5.17 Å². The molecule has 1 fully saturated rings. The van der Waals surface area contributed by atoms with Crippen LogP contribution in [0.1, 0.15) is 23.1 Å². The van der Waals surface area contributed by atoms with Crippen LogP contribution >= 0.6 is 11.8 Å². The highest BCUT2D eigenvalue weighted by Crippen LogP contribution is 2.26. The molecule has 0 unspecified atom stereocenters. The molecule has 0 spiro atoms. The molecule has 2 aromatic carbocycles. The Kier molecular flexibility index (Phi) is 5.42. The monoisotopic (exact) mass is 367 g/mol. The Hall–Kier alpha value is -2.60. The summed E-state index contributed by atoms with van der Waals surface area (Å²) in [6.45, 7) is 6.01. The van der Waals surface area contributed by atoms with Crippen LogP contribution in [-0.4, -0.2) is 22.2 Å². The number of aryl methyl sites for hydroxylation is 3. The molecule has 5 nitrogen and oxygen atoms in total. The van der Waals surface area contributed by atoms with E-state index in [4.69, 9.17) is 0 Å². The summed E-state index contributed by atoms with van der Waals surface area (Å²) < 4.78 is 0. The summed E-state index contributed by atoms with van der Waals surface area (Å²) in [5, 5.41) is 5.65. The number of aliphatic imine (C=N–C) groups is 1. The van der Waals surface area contributed by atoms with Gasteiger partial charge in [0.05, 0.1) is 5.69 Å². The predicted molar refractivity (Wildman–Crippen MR) is 107 cm³/mol. The number of amides is 2. The second-order valence-electron chi connectivity index (χ2n) is 6.48. The van der Waals surface area contributed by atoms with Crippen LogP contribution in [-0.2, 0) is 9.59 Å². The zero-order valence-electron chi connectivity index (χ0n) is 15.0. The van der Waals surface area contributed by atoms with Gasteiger partial charge in [-0.15, -0.1) is 0 Å². The van der Waals surface area contributed by atoms with Gasteiger partial charge in [0, 0.05) is 12.1 Å². The summed E-state index contributed by atoms with van der Waals surface area (Å²) in [5.74, 6) is -0.369. The van der Waals surface area contributed by atoms with Crippen molar-refractivity contribution >= 4 is 40.1 Å². The lowest BCUT2D eigenvalue weighted by Gasteiger charge is -2.07. The summed E-state index contributed by atoms with van der Waals surface area (Å²) >= 11 is 1.30. The van der Waals surface area contributed by atoms with Crippen LogP contribution in [0.2, 0.25) is 0 Å². The standard InChI is InChI=1S/C20H21N3O2S/c1-12-4-6-15(7-5-12)21-18(24)11-17-19(25)23-20(26-17)22-16-9-13(2)8-14(3)10-16/h4-10,17H,11H2,1-3H3,(H,21,24)(H,22,23,25)/t17-/m1/s1. The van der Waals surface area contributed by atoms with E-state index in [1.54, 1.807) is 0 Å². The maximum Gasteiger partial charge on any atom is 0.240 e. The molecule has 0 aromatic heterocycles. The predicted octanol–water partition coefficient (Wildman–Crippen LogP) is 3.86. The van der Waals surface area contributed by atoms with E-state index < -0.39 is 5.25 Å². The molecule has 1 aliphatic rings. The molecule has 1 saturated heterocycles. The fourth-order valence-electron chi connectivity index (χ4n) is 2.74. The highest BCUT2D eigenvalue weighted by molar-refractivity contribution is 8.15. The third-order valence-electron chi connectivity index (χ3n) is 3.92. The first-order chi connectivity index (χ1) is 12.4. The van der Waals surface area contributed by atoms with Gasteiger partial charge < -0.3 is 10.6 Å². The van der Waals surface area contributed by atoms with E-state index in [2.05, 4.69) is 21.7 Å². The minimum absolute atomic E-state index is 0.107. The molecule has 6 heteroatoms. The van der Waals surface area contributed by atoms with Crippen LogP contribution in [0.25, 0.3) is 0 Å². The molecule has 26 heavy (non-hydrogen) atoms. The molecule has 1 aliphatic heterocycles. The van der Waals surface area contributed by atoms with Crippen LogP contribution in [0.15, 0.2) is 47.5 Å². The molecule has 3 rings (SSSR count). The van der Waals surface area contributed by atoms with Gasteiger partial charge in [0.1, 0.15) is 5.25 Å². The highest BCUT2D eigenvalue weighted by atomic mass is 32.2. The number of carbonyl (C=O) groups excluding carboxylic acids is 2. The number of nitrogens with zero attached hydrogens (tertiary/aromatic N) is 1. The molecule has 2 amide bonds. The quantitative estimate of drug-likeness (QED) is 0.862. The number of benzene rings is 2. The first-order valence-electron chi connectivity index (χ1n) is 8.40. The molecule has 134 valence electrons. The fraction of sp³-hybridized carbons (Fsp3) is 0.250. The van der Waals surface area contributed by atoms with Crippen LogP contribution in [0.3, 0.4) is 0 Å². The average Bonchev–Trinajstić information content (AvgIpc) is 2.88. The number of anilines is 1. The molecule has 2 N–H and O–H groups in total. The number of thioether (sulfide) groups is 1. The van der Waals surface area contributed by atoms with Crippen molar-refractivity contribution in [3.63, 3.8) is 0 Å². The van der Waals surface area contributed by atoms with Crippen molar-refractivity contribution in [1.29, 1.82) is 0 Å². The topological polar surface area (TPSA) is 70.6 Å². The molecule has 2 aromatic rings. The summed E-state index contributed by atoms with van der Waals surface area (Å²) in [6.07, 6.45) is 0.107. The summed E-state index contributed by atoms with van der Waals surface area (Å²) in [5.41, 5.74) is 4.89. The van der Waals surface area contributed by atoms with Gasteiger partial charge in [0.25, 0.3) is 0 Å². The van der Waals surface area contributed by atoms with Crippen LogP contribution in [0.5, 0.6) is 0 Å². The minimum atomic E-state index is -0.467. The Morgan fingerprint density at radius 3 is 2.38 bits per heavy atom. The lowest BCUT2D eigenvalue weighted by molar-refractivity contribution is -0.122. The number of carbonyl (C=O) groups is 2. The fourth-order valence-corrected chi connectivity index (χ4v) is 3.73. The number of hydrogen-bond donors (Lipinski definition) is 2. The number of nitrogens with one attached hydrogen (secondary N) is 2. The van der Waals surface area contributed by atoms with Crippen molar-refractivity contribution in [1.82, 2.24) is 5.32 Å². The smallest absolute Gasteiger partial charge is 0.240 e. The Morgan fingerprint density at radius 2 is 1.73 bits per heavy atom. The maximum atomic E-state index is 12.2. The van der Waals surface area contributed by atoms with E-state index in [0.29, 0.717) is 5.17 Å². The molecule has 1 atom stereocenters.